The Morgan fingerprint density at radius 1 is 1.33 bits per heavy atom. The van der Waals surface area contributed by atoms with E-state index >= 15 is 0 Å². The van der Waals surface area contributed by atoms with Crippen molar-refractivity contribution < 1.29 is 34.5 Å². The third-order valence-corrected chi connectivity index (χ3v) is 5.71. The summed E-state index contributed by atoms with van der Waals surface area (Å²) in [6, 6.07) is -1.31. The fraction of sp³-hybridized carbons (Fsp3) is 0.765. The Hall–Kier alpha value is -1.65. The van der Waals surface area contributed by atoms with Crippen LogP contribution < -0.4 is 10.6 Å². The Balaban J connectivity index is 3.11. The number of nitrogens with one attached hydrogen (secondary N) is 2. The Morgan fingerprint density at radius 3 is 2.37 bits per heavy atom. The van der Waals surface area contributed by atoms with E-state index < -0.39 is 58.5 Å². The van der Waals surface area contributed by atoms with Gasteiger partial charge in [0.15, 0.2) is 5.54 Å². The molecule has 0 unspecified atom stereocenters. The fourth-order valence-electron chi connectivity index (χ4n) is 3.20. The van der Waals surface area contributed by atoms with Crippen LogP contribution in [0.15, 0.2) is 0 Å². The van der Waals surface area contributed by atoms with Gasteiger partial charge in [0.25, 0.3) is 0 Å². The van der Waals surface area contributed by atoms with Crippen LogP contribution in [0.4, 0.5) is 0 Å². The zero-order valence-electron chi connectivity index (χ0n) is 15.9. The van der Waals surface area contributed by atoms with Gasteiger partial charge in [-0.3, -0.25) is 14.4 Å². The summed E-state index contributed by atoms with van der Waals surface area (Å²) in [6.45, 7) is 6.28. The number of aliphatic carboxylic acids is 1. The topological polar surface area (TPSA) is 153 Å². The molecular weight excluding hydrogens is 376 g/mol. The lowest BCUT2D eigenvalue weighted by Gasteiger charge is -2.37. The molecule has 2 amide bonds. The van der Waals surface area contributed by atoms with Crippen LogP contribution in [0.3, 0.4) is 0 Å². The molecule has 154 valence electrons. The average molecular weight is 404 g/mol. The maximum Gasteiger partial charge on any atom is 0.327 e. The lowest BCUT2D eigenvalue weighted by atomic mass is 9.79. The number of aliphatic hydroxyl groups is 2. The predicted octanol–water partition coefficient (Wildman–Crippen LogP) is -0.502. The molecule has 0 bridgehead atoms. The number of thioether (sulfide) groups is 1. The smallest absolute Gasteiger partial charge is 0.327 e. The second-order valence-electron chi connectivity index (χ2n) is 7.08. The molecule has 0 aromatic rings. The van der Waals surface area contributed by atoms with E-state index in [-0.39, 0.29) is 5.75 Å². The number of aliphatic hydroxyl groups excluding tert-OH is 2. The molecule has 0 spiro atoms. The van der Waals surface area contributed by atoms with Crippen LogP contribution in [0.25, 0.3) is 0 Å². The molecule has 0 aromatic carbocycles. The first-order valence-corrected chi connectivity index (χ1v) is 9.82. The van der Waals surface area contributed by atoms with Crippen molar-refractivity contribution in [2.24, 2.45) is 11.8 Å². The van der Waals surface area contributed by atoms with E-state index in [9.17, 15) is 29.4 Å². The Kier molecular flexibility index (Phi) is 8.24. The largest absolute Gasteiger partial charge is 0.480 e. The minimum Gasteiger partial charge on any atom is -0.480 e. The highest BCUT2D eigenvalue weighted by molar-refractivity contribution is 8.13. The molecule has 1 saturated heterocycles. The third kappa shape index (κ3) is 4.99. The molecule has 9 nitrogen and oxygen atoms in total. The van der Waals surface area contributed by atoms with E-state index in [1.165, 1.54) is 0 Å². The van der Waals surface area contributed by atoms with Gasteiger partial charge in [0.05, 0.1) is 18.1 Å². The van der Waals surface area contributed by atoms with E-state index in [0.29, 0.717) is 24.6 Å². The summed E-state index contributed by atoms with van der Waals surface area (Å²) in [5.41, 5.74) is -1.92. The molecule has 0 aromatic heterocycles. The van der Waals surface area contributed by atoms with Gasteiger partial charge in [-0.15, -0.1) is 0 Å². The lowest BCUT2D eigenvalue weighted by molar-refractivity contribution is -0.140. The number of hydrogen-bond acceptors (Lipinski definition) is 7. The van der Waals surface area contributed by atoms with Crippen LogP contribution in [0.2, 0.25) is 0 Å². The second kappa shape index (κ2) is 9.52. The summed E-state index contributed by atoms with van der Waals surface area (Å²) in [5.74, 6) is -3.99. The van der Waals surface area contributed by atoms with Crippen LogP contribution in [-0.2, 0) is 19.2 Å². The first kappa shape index (κ1) is 23.4. The number of rotatable bonds is 9. The Bertz CT molecular complexity index is 598. The number of hydrogen-bond donors (Lipinski definition) is 5. The van der Waals surface area contributed by atoms with Gasteiger partial charge in [0.1, 0.15) is 6.04 Å². The van der Waals surface area contributed by atoms with E-state index in [2.05, 4.69) is 10.6 Å². The summed E-state index contributed by atoms with van der Waals surface area (Å²) < 4.78 is 0. The van der Waals surface area contributed by atoms with Crippen molar-refractivity contribution in [3.8, 4) is 0 Å². The number of carbonyl (C=O) groups is 4. The summed E-state index contributed by atoms with van der Waals surface area (Å²) in [4.78, 5) is 47.6. The summed E-state index contributed by atoms with van der Waals surface area (Å²) in [7, 11) is 0. The molecule has 1 heterocycles. The maximum absolute atomic E-state index is 13.0. The average Bonchev–Trinajstić information content (AvgIpc) is 2.82. The van der Waals surface area contributed by atoms with Gasteiger partial charge in [-0.2, -0.15) is 0 Å². The van der Waals surface area contributed by atoms with Crippen molar-refractivity contribution in [2.75, 3.05) is 5.75 Å². The van der Waals surface area contributed by atoms with E-state index in [1.807, 2.05) is 6.92 Å². The molecule has 1 rings (SSSR count). The Morgan fingerprint density at radius 2 is 1.93 bits per heavy atom. The van der Waals surface area contributed by atoms with Crippen molar-refractivity contribution in [3.05, 3.63) is 0 Å². The quantitative estimate of drug-likeness (QED) is 0.345. The van der Waals surface area contributed by atoms with Gasteiger partial charge in [-0.05, 0) is 12.3 Å². The van der Waals surface area contributed by atoms with E-state index in [4.69, 9.17) is 5.11 Å². The van der Waals surface area contributed by atoms with Crippen molar-refractivity contribution >= 4 is 34.7 Å². The zero-order chi connectivity index (χ0) is 20.9. The summed E-state index contributed by atoms with van der Waals surface area (Å²) in [6.07, 6.45) is -1.84. The van der Waals surface area contributed by atoms with E-state index in [1.54, 1.807) is 13.8 Å². The molecular formula is C17H28N2O7S. The molecule has 1 aliphatic heterocycles. The minimum atomic E-state index is -1.92. The van der Waals surface area contributed by atoms with Crippen LogP contribution in [0.1, 0.15) is 40.5 Å². The fourth-order valence-corrected chi connectivity index (χ4v) is 4.27. The van der Waals surface area contributed by atoms with Crippen molar-refractivity contribution in [2.45, 2.75) is 64.3 Å². The van der Waals surface area contributed by atoms with Crippen molar-refractivity contribution in [1.29, 1.82) is 0 Å². The van der Waals surface area contributed by atoms with E-state index in [0.717, 1.165) is 6.92 Å². The summed E-state index contributed by atoms with van der Waals surface area (Å²) in [5, 5.41) is 34.5. The second-order valence-corrected chi connectivity index (χ2v) is 8.07. The third-order valence-electron chi connectivity index (χ3n) is 4.61. The zero-order valence-corrected chi connectivity index (χ0v) is 16.7. The number of amides is 2. The highest BCUT2D eigenvalue weighted by atomic mass is 32.2. The molecule has 5 atom stereocenters. The van der Waals surface area contributed by atoms with Crippen LogP contribution in [-0.4, -0.2) is 67.8 Å². The standard InChI is InChI=1S/C17H28N2O7S/c1-5-6-10-13(22)17(19-14(10)23,12(21)8(2)3)16(26)27-7-11(15(24)25)18-9(4)20/h8,10-13,21-22H,5-7H2,1-4H3,(H,18,20)(H,19,23)(H,24,25)/t10-,11-,12+,13+,17-/m1/s1. The van der Waals surface area contributed by atoms with Crippen LogP contribution in [0, 0.1) is 11.8 Å². The van der Waals surface area contributed by atoms with Crippen molar-refractivity contribution in [1.82, 2.24) is 10.6 Å². The van der Waals surface area contributed by atoms with Gasteiger partial charge >= 0.3 is 5.97 Å². The number of carboxylic acid groups (broad SMARTS) is 1. The van der Waals surface area contributed by atoms with Gasteiger partial charge in [-0.25, -0.2) is 4.79 Å². The molecule has 5 N–H and O–H groups in total. The van der Waals surface area contributed by atoms with Crippen LogP contribution in [0.5, 0.6) is 0 Å². The SMILES string of the molecule is CCC[C@H]1C(=O)N[C@](C(=O)SC[C@@H](NC(C)=O)C(=O)O)([C@@H](O)C(C)C)[C@H]1O. The molecule has 1 fully saturated rings. The molecule has 0 aliphatic carbocycles. The summed E-state index contributed by atoms with van der Waals surface area (Å²) >= 11 is 0.553. The monoisotopic (exact) mass is 404 g/mol. The maximum atomic E-state index is 13.0. The molecule has 0 radical (unpaired) electrons. The molecule has 1 aliphatic rings. The first-order valence-electron chi connectivity index (χ1n) is 8.84. The highest BCUT2D eigenvalue weighted by Crippen LogP contribution is 2.37. The normalized spacial score (nSPS) is 27.1. The van der Waals surface area contributed by atoms with Crippen LogP contribution >= 0.6 is 11.8 Å². The Labute approximate surface area is 162 Å². The molecule has 27 heavy (non-hydrogen) atoms. The number of carboxylic acids is 1. The molecule has 10 heteroatoms. The molecule has 0 saturated carbocycles. The first-order chi connectivity index (χ1) is 12.5. The van der Waals surface area contributed by atoms with Crippen molar-refractivity contribution in [3.63, 3.8) is 0 Å². The van der Waals surface area contributed by atoms with Gasteiger partial charge in [0, 0.05) is 12.7 Å². The lowest BCUT2D eigenvalue weighted by Crippen LogP contribution is -2.64. The van der Waals surface area contributed by atoms with Gasteiger partial charge in [-0.1, -0.05) is 39.0 Å². The number of carbonyl (C=O) groups excluding carboxylic acids is 3. The minimum absolute atomic E-state index is 0.304. The van der Waals surface area contributed by atoms with Gasteiger partial charge < -0.3 is 26.0 Å². The van der Waals surface area contributed by atoms with Gasteiger partial charge in [0.2, 0.25) is 16.9 Å². The highest BCUT2D eigenvalue weighted by Gasteiger charge is 2.61. The predicted molar refractivity (Wildman–Crippen MR) is 98.8 cm³/mol.